The number of benzene rings is 1. The Hall–Kier alpha value is -0.740. The summed E-state index contributed by atoms with van der Waals surface area (Å²) in [6.45, 7) is 6.49. The molecule has 1 aromatic rings. The van der Waals surface area contributed by atoms with Gasteiger partial charge in [0.2, 0.25) is 0 Å². The zero-order valence-electron chi connectivity index (χ0n) is 12.3. The number of rotatable bonds is 8. The van der Waals surface area contributed by atoms with Crippen LogP contribution in [0.4, 0.5) is 0 Å². The molecule has 0 saturated heterocycles. The number of halogens is 1. The van der Waals surface area contributed by atoms with Crippen molar-refractivity contribution in [2.75, 3.05) is 26.1 Å². The van der Waals surface area contributed by atoms with Crippen LogP contribution in [0.2, 0.25) is 0 Å². The Morgan fingerprint density at radius 3 is 2.37 bits per heavy atom. The van der Waals surface area contributed by atoms with Crippen molar-refractivity contribution in [3.8, 4) is 11.5 Å². The van der Waals surface area contributed by atoms with E-state index in [9.17, 15) is 0 Å². The van der Waals surface area contributed by atoms with Crippen LogP contribution in [-0.4, -0.2) is 37.0 Å². The molecule has 0 radical (unpaired) electrons. The van der Waals surface area contributed by atoms with Crippen molar-refractivity contribution < 1.29 is 9.47 Å². The summed E-state index contributed by atoms with van der Waals surface area (Å²) in [7, 11) is 3.33. The highest BCUT2D eigenvalue weighted by Gasteiger charge is 2.11. The Bertz CT molecular complexity index is 382. The Morgan fingerprint density at radius 2 is 1.84 bits per heavy atom. The molecular formula is C15H24BrNO2. The maximum Gasteiger partial charge on any atom is 0.161 e. The first-order chi connectivity index (χ1) is 9.12. The first-order valence-electron chi connectivity index (χ1n) is 6.63. The van der Waals surface area contributed by atoms with Gasteiger partial charge in [0, 0.05) is 17.9 Å². The molecule has 0 aliphatic rings. The molecule has 0 aliphatic carbocycles. The van der Waals surface area contributed by atoms with Crippen LogP contribution in [0, 0.1) is 0 Å². The third-order valence-electron chi connectivity index (χ3n) is 3.14. The van der Waals surface area contributed by atoms with E-state index in [2.05, 4.69) is 46.8 Å². The molecule has 0 saturated carbocycles. The van der Waals surface area contributed by atoms with Crippen molar-refractivity contribution >= 4 is 15.9 Å². The van der Waals surface area contributed by atoms with Crippen molar-refractivity contribution in [2.45, 2.75) is 32.9 Å². The molecule has 0 atom stereocenters. The number of hydrogen-bond donors (Lipinski definition) is 0. The van der Waals surface area contributed by atoms with Gasteiger partial charge in [-0.25, -0.2) is 0 Å². The van der Waals surface area contributed by atoms with Crippen LogP contribution in [0.15, 0.2) is 18.2 Å². The number of ether oxygens (including phenoxy) is 2. The standard InChI is InChI=1S/C15H24BrNO2/c1-12(2)17(9-5-8-16)11-13-6-7-14(18-3)15(10-13)19-4/h6-7,10,12H,5,8-9,11H2,1-4H3. The van der Waals surface area contributed by atoms with Crippen LogP contribution in [0.5, 0.6) is 11.5 Å². The molecular weight excluding hydrogens is 306 g/mol. The van der Waals surface area contributed by atoms with Gasteiger partial charge in [0.05, 0.1) is 14.2 Å². The number of methoxy groups -OCH3 is 2. The van der Waals surface area contributed by atoms with Crippen molar-refractivity contribution in [2.24, 2.45) is 0 Å². The molecule has 1 aromatic carbocycles. The van der Waals surface area contributed by atoms with E-state index in [0.717, 1.165) is 36.3 Å². The van der Waals surface area contributed by atoms with Crippen LogP contribution in [-0.2, 0) is 6.54 Å². The van der Waals surface area contributed by atoms with Crippen LogP contribution in [0.25, 0.3) is 0 Å². The summed E-state index contributed by atoms with van der Waals surface area (Å²) in [5.41, 5.74) is 1.25. The fraction of sp³-hybridized carbons (Fsp3) is 0.600. The molecule has 108 valence electrons. The van der Waals surface area contributed by atoms with Gasteiger partial charge in [0.15, 0.2) is 11.5 Å². The Labute approximate surface area is 125 Å². The van der Waals surface area contributed by atoms with Crippen molar-refractivity contribution in [1.82, 2.24) is 4.90 Å². The summed E-state index contributed by atoms with van der Waals surface area (Å²) in [4.78, 5) is 2.46. The van der Waals surface area contributed by atoms with Crippen molar-refractivity contribution in [3.05, 3.63) is 23.8 Å². The summed E-state index contributed by atoms with van der Waals surface area (Å²) in [5.74, 6) is 1.58. The first kappa shape index (κ1) is 16.3. The highest BCUT2D eigenvalue weighted by Crippen LogP contribution is 2.28. The predicted octanol–water partition coefficient (Wildman–Crippen LogP) is 3.70. The van der Waals surface area contributed by atoms with Gasteiger partial charge in [-0.15, -0.1) is 0 Å². The van der Waals surface area contributed by atoms with Crippen LogP contribution in [0.3, 0.4) is 0 Å². The minimum Gasteiger partial charge on any atom is -0.493 e. The van der Waals surface area contributed by atoms with Gasteiger partial charge < -0.3 is 9.47 Å². The van der Waals surface area contributed by atoms with Gasteiger partial charge in [-0.1, -0.05) is 22.0 Å². The van der Waals surface area contributed by atoms with E-state index in [1.165, 1.54) is 5.56 Å². The smallest absolute Gasteiger partial charge is 0.161 e. The number of alkyl halides is 1. The van der Waals surface area contributed by atoms with Gasteiger partial charge in [-0.3, -0.25) is 4.90 Å². The fourth-order valence-electron chi connectivity index (χ4n) is 2.00. The summed E-state index contributed by atoms with van der Waals surface area (Å²) in [5, 5.41) is 1.04. The van der Waals surface area contributed by atoms with E-state index in [0.29, 0.717) is 6.04 Å². The monoisotopic (exact) mass is 329 g/mol. The Kier molecular flexibility index (Phi) is 7.24. The average molecular weight is 330 g/mol. The van der Waals surface area contributed by atoms with E-state index in [1.807, 2.05) is 6.07 Å². The summed E-state index contributed by atoms with van der Waals surface area (Å²) < 4.78 is 10.6. The molecule has 0 spiro atoms. The van der Waals surface area contributed by atoms with Gasteiger partial charge >= 0.3 is 0 Å². The highest BCUT2D eigenvalue weighted by atomic mass is 79.9. The second kappa shape index (κ2) is 8.43. The topological polar surface area (TPSA) is 21.7 Å². The lowest BCUT2D eigenvalue weighted by molar-refractivity contribution is 0.213. The van der Waals surface area contributed by atoms with Gasteiger partial charge in [0.25, 0.3) is 0 Å². The summed E-state index contributed by atoms with van der Waals surface area (Å²) >= 11 is 3.49. The van der Waals surface area contributed by atoms with Gasteiger partial charge in [-0.05, 0) is 44.5 Å². The zero-order valence-corrected chi connectivity index (χ0v) is 13.9. The fourth-order valence-corrected chi connectivity index (χ4v) is 2.25. The molecule has 0 fully saturated rings. The summed E-state index contributed by atoms with van der Waals surface area (Å²) in [6.07, 6.45) is 1.16. The SMILES string of the molecule is COc1ccc(CN(CCCBr)C(C)C)cc1OC. The number of nitrogens with zero attached hydrogens (tertiary/aromatic N) is 1. The van der Waals surface area contributed by atoms with Crippen LogP contribution < -0.4 is 9.47 Å². The molecule has 19 heavy (non-hydrogen) atoms. The molecule has 0 aromatic heterocycles. The lowest BCUT2D eigenvalue weighted by Crippen LogP contribution is -2.31. The van der Waals surface area contributed by atoms with Gasteiger partial charge in [-0.2, -0.15) is 0 Å². The normalized spacial score (nSPS) is 11.1. The molecule has 1 rings (SSSR count). The van der Waals surface area contributed by atoms with Gasteiger partial charge in [0.1, 0.15) is 0 Å². The van der Waals surface area contributed by atoms with E-state index < -0.39 is 0 Å². The van der Waals surface area contributed by atoms with Crippen LogP contribution >= 0.6 is 15.9 Å². The van der Waals surface area contributed by atoms with E-state index >= 15 is 0 Å². The maximum absolute atomic E-state index is 5.35. The molecule has 0 N–H and O–H groups in total. The minimum absolute atomic E-state index is 0.534. The lowest BCUT2D eigenvalue weighted by atomic mass is 10.1. The zero-order chi connectivity index (χ0) is 14.3. The molecule has 4 heteroatoms. The average Bonchev–Trinajstić information content (AvgIpc) is 2.42. The van der Waals surface area contributed by atoms with Crippen LogP contribution in [0.1, 0.15) is 25.8 Å². The lowest BCUT2D eigenvalue weighted by Gasteiger charge is -2.26. The van der Waals surface area contributed by atoms with Crippen molar-refractivity contribution in [3.63, 3.8) is 0 Å². The Balaban J connectivity index is 2.78. The molecule has 3 nitrogen and oxygen atoms in total. The first-order valence-corrected chi connectivity index (χ1v) is 7.75. The summed E-state index contributed by atoms with van der Waals surface area (Å²) in [6, 6.07) is 6.66. The maximum atomic E-state index is 5.35. The second-order valence-corrected chi connectivity index (χ2v) is 5.59. The third kappa shape index (κ3) is 5.03. The Morgan fingerprint density at radius 1 is 1.16 bits per heavy atom. The molecule has 0 aliphatic heterocycles. The van der Waals surface area contributed by atoms with E-state index in [4.69, 9.17) is 9.47 Å². The molecule has 0 amide bonds. The predicted molar refractivity (Wildman–Crippen MR) is 83.5 cm³/mol. The molecule has 0 unspecified atom stereocenters. The van der Waals surface area contributed by atoms with E-state index in [1.54, 1.807) is 14.2 Å². The quantitative estimate of drug-likeness (QED) is 0.679. The minimum atomic E-state index is 0.534. The second-order valence-electron chi connectivity index (χ2n) is 4.80. The highest BCUT2D eigenvalue weighted by molar-refractivity contribution is 9.09. The van der Waals surface area contributed by atoms with Crippen molar-refractivity contribution in [1.29, 1.82) is 0 Å². The molecule has 0 bridgehead atoms. The third-order valence-corrected chi connectivity index (χ3v) is 3.70. The molecule has 0 heterocycles. The van der Waals surface area contributed by atoms with E-state index in [-0.39, 0.29) is 0 Å². The number of hydrogen-bond acceptors (Lipinski definition) is 3. The largest absolute Gasteiger partial charge is 0.493 e.